The number of esters is 6. The van der Waals surface area contributed by atoms with E-state index in [1.165, 1.54) is 41.5 Å². The van der Waals surface area contributed by atoms with Gasteiger partial charge in [-0.05, 0) is 66.2 Å². The number of hydrogen-bond donors (Lipinski definition) is 2. The van der Waals surface area contributed by atoms with Crippen molar-refractivity contribution in [3.8, 4) is 6.07 Å². The maximum absolute atomic E-state index is 12.9. The highest BCUT2D eigenvalue weighted by Crippen LogP contribution is 2.47. The van der Waals surface area contributed by atoms with E-state index in [2.05, 4.69) is 10.6 Å². The first-order valence-electron chi connectivity index (χ1n) is 25.2. The number of hydrogen-bond acceptors (Lipinski definition) is 24. The third-order valence-corrected chi connectivity index (χ3v) is 12.8. The van der Waals surface area contributed by atoms with Gasteiger partial charge in [0.05, 0.1) is 19.1 Å². The second-order valence-electron chi connectivity index (χ2n) is 17.9. The Kier molecular flexibility index (Phi) is 32.5. The molecule has 2 aliphatic rings. The summed E-state index contributed by atoms with van der Waals surface area (Å²) in [5.41, 5.74) is 0. The molecular formula is C48H79N4O22P. The molecule has 2 heterocycles. The summed E-state index contributed by atoms with van der Waals surface area (Å²) in [5, 5.41) is 14.6. The fraction of sp³-hybridized carbons (Fsp3) is 0.812. The number of amides is 2. The molecule has 428 valence electrons. The Morgan fingerprint density at radius 1 is 0.573 bits per heavy atom. The number of nitrogens with zero attached hydrogens (tertiary/aromatic N) is 2. The fourth-order valence-corrected chi connectivity index (χ4v) is 9.28. The zero-order chi connectivity index (χ0) is 55.9. The van der Waals surface area contributed by atoms with E-state index < -0.39 is 112 Å². The largest absolute Gasteiger partial charge is 0.463 e. The highest BCUT2D eigenvalue weighted by Gasteiger charge is 2.45. The van der Waals surface area contributed by atoms with Gasteiger partial charge in [-0.2, -0.15) is 5.26 Å². The second-order valence-corrected chi connectivity index (χ2v) is 19.3. The summed E-state index contributed by atoms with van der Waals surface area (Å²) < 4.78 is 80.7. The third-order valence-electron chi connectivity index (χ3n) is 10.6. The molecule has 0 aromatic heterocycles. The van der Waals surface area contributed by atoms with Crippen molar-refractivity contribution < 1.29 is 104 Å². The predicted octanol–water partition coefficient (Wildman–Crippen LogP) is 4.56. The van der Waals surface area contributed by atoms with Gasteiger partial charge in [-0.3, -0.25) is 28.8 Å². The minimum atomic E-state index is -1.81. The van der Waals surface area contributed by atoms with Crippen molar-refractivity contribution in [1.82, 2.24) is 15.3 Å². The van der Waals surface area contributed by atoms with Crippen LogP contribution in [0.2, 0.25) is 0 Å². The molecule has 2 aliphatic heterocycles. The molecule has 0 saturated carbocycles. The predicted molar refractivity (Wildman–Crippen MR) is 260 cm³/mol. The van der Waals surface area contributed by atoms with Crippen LogP contribution in [-0.2, 0) is 94.7 Å². The Balaban J connectivity index is 1.90. The van der Waals surface area contributed by atoms with Crippen molar-refractivity contribution in [2.24, 2.45) is 0 Å². The summed E-state index contributed by atoms with van der Waals surface area (Å²) >= 11 is 0. The monoisotopic (exact) mass is 1090 g/mol. The minimum absolute atomic E-state index is 0.0447. The van der Waals surface area contributed by atoms with Gasteiger partial charge >= 0.3 is 48.0 Å². The van der Waals surface area contributed by atoms with E-state index in [1.54, 1.807) is 0 Å². The summed E-state index contributed by atoms with van der Waals surface area (Å²) in [5.74, 6) is -3.62. The van der Waals surface area contributed by atoms with Gasteiger partial charge in [-0.1, -0.05) is 0 Å². The molecule has 0 bridgehead atoms. The lowest BCUT2D eigenvalue weighted by Gasteiger charge is -2.39. The average Bonchev–Trinajstić information content (AvgIpc) is 3.31. The van der Waals surface area contributed by atoms with Crippen molar-refractivity contribution >= 4 is 56.5 Å². The van der Waals surface area contributed by atoms with Crippen molar-refractivity contribution in [3.63, 3.8) is 0 Å². The van der Waals surface area contributed by atoms with Crippen molar-refractivity contribution in [1.29, 1.82) is 5.26 Å². The molecule has 0 aliphatic carbocycles. The van der Waals surface area contributed by atoms with Crippen LogP contribution in [0.5, 0.6) is 0 Å². The standard InChI is InChI=1S/C48H79N4O22P/c1-30(2)52(31(3)4)75(67-23-17-18-49)74-38(26-65-47(59)50-19-13-11-15-21-61-43-24-39(68-34(7)55)45(70-36(9)57)41(72-43)28-63-32(5)53)27-66-48(60)51-20-14-12-16-22-62-44-25-40(69-35(8)56)46(71-37(10)58)42(73-44)29-64-33(6)54/h30-31,38-46H,11-17,19-29H2,1-10H3,(H,50,59)(H,51,60)/t39-,40-,41-,42-,43-,44-,45-,46-,75?/m1/s1. The topological polar surface area (TPSA) is 317 Å². The van der Waals surface area contributed by atoms with Crippen LogP contribution in [0.1, 0.15) is 127 Å². The summed E-state index contributed by atoms with van der Waals surface area (Å²) in [6.45, 7) is 15.0. The molecule has 75 heavy (non-hydrogen) atoms. The van der Waals surface area contributed by atoms with Gasteiger partial charge in [0.15, 0.2) is 24.8 Å². The molecule has 26 nitrogen and oxygen atoms in total. The van der Waals surface area contributed by atoms with Crippen LogP contribution in [0.4, 0.5) is 9.59 Å². The van der Waals surface area contributed by atoms with Crippen LogP contribution < -0.4 is 10.6 Å². The summed E-state index contributed by atoms with van der Waals surface area (Å²) in [6, 6.07) is 1.96. The first-order valence-corrected chi connectivity index (χ1v) is 26.3. The quantitative estimate of drug-likeness (QED) is 0.0386. The summed E-state index contributed by atoms with van der Waals surface area (Å²) in [6.07, 6.45) is -6.24. The van der Waals surface area contributed by atoms with E-state index >= 15 is 0 Å². The maximum Gasteiger partial charge on any atom is 0.407 e. The van der Waals surface area contributed by atoms with E-state index in [9.17, 15) is 43.6 Å². The molecule has 0 aromatic carbocycles. The number of nitrogens with one attached hydrogen (secondary N) is 2. The van der Waals surface area contributed by atoms with E-state index in [0.29, 0.717) is 38.5 Å². The molecule has 0 spiro atoms. The Morgan fingerprint density at radius 2 is 0.987 bits per heavy atom. The van der Waals surface area contributed by atoms with E-state index in [4.69, 9.17) is 65.9 Å². The molecule has 27 heteroatoms. The normalized spacial score (nSPS) is 21.8. The summed E-state index contributed by atoms with van der Waals surface area (Å²) in [4.78, 5) is 96.0. The summed E-state index contributed by atoms with van der Waals surface area (Å²) in [7, 11) is -1.81. The number of unbranched alkanes of at least 4 members (excludes halogenated alkanes) is 4. The van der Waals surface area contributed by atoms with Crippen molar-refractivity contribution in [2.75, 3.05) is 59.3 Å². The van der Waals surface area contributed by atoms with E-state index in [-0.39, 0.29) is 90.7 Å². The molecule has 9 atom stereocenters. The van der Waals surface area contributed by atoms with Gasteiger partial charge in [0.2, 0.25) is 0 Å². The Morgan fingerprint density at radius 3 is 1.35 bits per heavy atom. The Bertz CT molecular complexity index is 1710. The highest BCUT2D eigenvalue weighted by atomic mass is 31.2. The first-order chi connectivity index (χ1) is 35.6. The molecule has 0 radical (unpaired) electrons. The SMILES string of the molecule is CC(=O)OC[C@H]1O[C@@H](OCCCCCNC(=O)OCC(COC(=O)NCCCCCO[C@H]2C[C@@H](OC(C)=O)[C@@H](OC(C)=O)[C@@H](COC(C)=O)O2)OP(OCCC#N)N(C(C)C)C(C)C)C[C@@H](OC(C)=O)[C@H]1OC(C)=O. The molecular weight excluding hydrogens is 1020 g/mol. The zero-order valence-electron chi connectivity index (χ0n) is 44.9. The lowest BCUT2D eigenvalue weighted by molar-refractivity contribution is -0.266. The van der Waals surface area contributed by atoms with Crippen LogP contribution in [0, 0.1) is 11.3 Å². The van der Waals surface area contributed by atoms with Gasteiger partial charge < -0.3 is 76.5 Å². The molecule has 2 amide bonds. The number of alkyl carbamates (subject to hydrolysis) is 2. The molecule has 2 fully saturated rings. The number of carbonyl (C=O) groups excluding carboxylic acids is 8. The molecule has 2 rings (SSSR count). The lowest BCUT2D eigenvalue weighted by Crippen LogP contribution is -2.54. The van der Waals surface area contributed by atoms with Crippen LogP contribution in [-0.4, -0.2) is 179 Å². The number of ether oxygens (including phenoxy) is 12. The van der Waals surface area contributed by atoms with Crippen molar-refractivity contribution in [3.05, 3.63) is 0 Å². The van der Waals surface area contributed by atoms with Gasteiger partial charge in [-0.25, -0.2) is 14.3 Å². The van der Waals surface area contributed by atoms with Gasteiger partial charge in [0, 0.05) is 92.8 Å². The van der Waals surface area contributed by atoms with Crippen LogP contribution in [0.15, 0.2) is 0 Å². The van der Waals surface area contributed by atoms with Crippen molar-refractivity contribution in [2.45, 2.75) is 194 Å². The van der Waals surface area contributed by atoms with Crippen LogP contribution in [0.25, 0.3) is 0 Å². The van der Waals surface area contributed by atoms with E-state index in [1.807, 2.05) is 38.4 Å². The molecule has 0 aromatic rings. The lowest BCUT2D eigenvalue weighted by atomic mass is 10.0. The minimum Gasteiger partial charge on any atom is -0.463 e. The number of carbonyl (C=O) groups is 8. The van der Waals surface area contributed by atoms with Crippen LogP contribution in [0.3, 0.4) is 0 Å². The zero-order valence-corrected chi connectivity index (χ0v) is 45.8. The average molecular weight is 1100 g/mol. The maximum atomic E-state index is 12.9. The molecule has 2 N–H and O–H groups in total. The number of nitriles is 1. The highest BCUT2D eigenvalue weighted by molar-refractivity contribution is 7.44. The first kappa shape index (κ1) is 66.1. The third kappa shape index (κ3) is 28.6. The van der Waals surface area contributed by atoms with Gasteiger partial charge in [0.25, 0.3) is 8.53 Å². The Hall–Kier alpha value is -5.00. The van der Waals surface area contributed by atoms with Gasteiger partial charge in [0.1, 0.15) is 56.9 Å². The van der Waals surface area contributed by atoms with Crippen LogP contribution >= 0.6 is 8.53 Å². The van der Waals surface area contributed by atoms with Gasteiger partial charge in [-0.15, -0.1) is 0 Å². The smallest absolute Gasteiger partial charge is 0.407 e. The molecule has 2 saturated heterocycles. The molecule has 1 unspecified atom stereocenters. The Labute approximate surface area is 440 Å². The van der Waals surface area contributed by atoms with E-state index in [0.717, 1.165) is 0 Å². The number of rotatable bonds is 34. The fourth-order valence-electron chi connectivity index (χ4n) is 7.60. The second kappa shape index (κ2) is 36.9.